The van der Waals surface area contributed by atoms with Gasteiger partial charge in [-0.25, -0.2) is 0 Å². The second kappa shape index (κ2) is 6.76. The number of aryl methyl sites for hydroxylation is 3. The molecule has 19 heavy (non-hydrogen) atoms. The largest absolute Gasteiger partial charge is 0.383 e. The SMILES string of the molecule is CC.COCCn1c(C)c(C)c2c(C)ccc(C)c21. The average molecular weight is 261 g/mol. The fraction of sp³-hybridized carbons (Fsp3) is 0.529. The Morgan fingerprint density at radius 1 is 1.00 bits per heavy atom. The minimum Gasteiger partial charge on any atom is -0.383 e. The molecule has 1 heterocycles. The van der Waals surface area contributed by atoms with Crippen molar-refractivity contribution in [1.82, 2.24) is 4.57 Å². The fourth-order valence-corrected chi connectivity index (χ4v) is 2.63. The molecule has 0 aliphatic carbocycles. The van der Waals surface area contributed by atoms with Crippen LogP contribution in [-0.4, -0.2) is 18.3 Å². The molecule has 106 valence electrons. The van der Waals surface area contributed by atoms with Gasteiger partial charge in [-0.2, -0.15) is 0 Å². The molecule has 0 bridgehead atoms. The Kier molecular flexibility index (Phi) is 5.61. The molecule has 0 fully saturated rings. The van der Waals surface area contributed by atoms with Crippen LogP contribution in [-0.2, 0) is 11.3 Å². The zero-order valence-corrected chi connectivity index (χ0v) is 13.4. The number of ether oxygens (including phenoxy) is 1. The lowest BCUT2D eigenvalue weighted by Crippen LogP contribution is -2.06. The molecular weight excluding hydrogens is 234 g/mol. The summed E-state index contributed by atoms with van der Waals surface area (Å²) in [6, 6.07) is 4.42. The van der Waals surface area contributed by atoms with Crippen molar-refractivity contribution in [3.8, 4) is 0 Å². The molecule has 0 N–H and O–H groups in total. The number of methoxy groups -OCH3 is 1. The van der Waals surface area contributed by atoms with Crippen LogP contribution in [0, 0.1) is 27.7 Å². The lowest BCUT2D eigenvalue weighted by molar-refractivity contribution is 0.188. The summed E-state index contributed by atoms with van der Waals surface area (Å²) in [7, 11) is 1.76. The number of rotatable bonds is 3. The zero-order valence-electron chi connectivity index (χ0n) is 13.4. The summed E-state index contributed by atoms with van der Waals surface area (Å²) >= 11 is 0. The van der Waals surface area contributed by atoms with Crippen molar-refractivity contribution in [3.63, 3.8) is 0 Å². The van der Waals surface area contributed by atoms with Gasteiger partial charge in [0, 0.05) is 24.7 Å². The average Bonchev–Trinajstić information content (AvgIpc) is 2.68. The van der Waals surface area contributed by atoms with Gasteiger partial charge in [-0.05, 0) is 44.4 Å². The molecule has 0 aliphatic heterocycles. The molecule has 0 amide bonds. The monoisotopic (exact) mass is 261 g/mol. The molecule has 0 radical (unpaired) electrons. The molecule has 1 aromatic heterocycles. The first-order valence-electron chi connectivity index (χ1n) is 7.12. The van der Waals surface area contributed by atoms with Crippen LogP contribution in [0.1, 0.15) is 36.2 Å². The van der Waals surface area contributed by atoms with E-state index < -0.39 is 0 Å². The molecule has 0 atom stereocenters. The van der Waals surface area contributed by atoms with Crippen molar-refractivity contribution in [3.05, 3.63) is 34.5 Å². The minimum absolute atomic E-state index is 0.761. The van der Waals surface area contributed by atoms with E-state index in [1.165, 1.54) is 33.3 Å². The van der Waals surface area contributed by atoms with E-state index in [2.05, 4.69) is 44.4 Å². The summed E-state index contributed by atoms with van der Waals surface area (Å²) in [5.41, 5.74) is 6.84. The predicted molar refractivity (Wildman–Crippen MR) is 84.1 cm³/mol. The van der Waals surface area contributed by atoms with E-state index in [1.807, 2.05) is 13.8 Å². The van der Waals surface area contributed by atoms with Gasteiger partial charge in [0.2, 0.25) is 0 Å². The van der Waals surface area contributed by atoms with Crippen molar-refractivity contribution < 1.29 is 4.74 Å². The smallest absolute Gasteiger partial charge is 0.0642 e. The molecule has 0 saturated carbocycles. The van der Waals surface area contributed by atoms with Crippen LogP contribution < -0.4 is 0 Å². The first kappa shape index (κ1) is 15.8. The normalized spacial score (nSPS) is 10.5. The zero-order chi connectivity index (χ0) is 14.6. The van der Waals surface area contributed by atoms with Crippen molar-refractivity contribution in [2.45, 2.75) is 48.1 Å². The Bertz CT molecular complexity index is 552. The molecule has 2 rings (SSSR count). The van der Waals surface area contributed by atoms with Gasteiger partial charge in [0.1, 0.15) is 0 Å². The van der Waals surface area contributed by atoms with Crippen LogP contribution in [0.2, 0.25) is 0 Å². The van der Waals surface area contributed by atoms with Crippen molar-refractivity contribution in [1.29, 1.82) is 0 Å². The van der Waals surface area contributed by atoms with Gasteiger partial charge in [0.15, 0.2) is 0 Å². The van der Waals surface area contributed by atoms with E-state index in [4.69, 9.17) is 4.74 Å². The highest BCUT2D eigenvalue weighted by Crippen LogP contribution is 2.30. The predicted octanol–water partition coefficient (Wildman–Crippen LogP) is 4.55. The van der Waals surface area contributed by atoms with Gasteiger partial charge in [0.05, 0.1) is 12.1 Å². The molecule has 0 spiro atoms. The van der Waals surface area contributed by atoms with Gasteiger partial charge < -0.3 is 9.30 Å². The number of aromatic nitrogens is 1. The molecule has 2 nitrogen and oxygen atoms in total. The van der Waals surface area contributed by atoms with Crippen LogP contribution >= 0.6 is 0 Å². The maximum absolute atomic E-state index is 5.21. The Labute approximate surface area is 117 Å². The van der Waals surface area contributed by atoms with Crippen LogP contribution in [0.5, 0.6) is 0 Å². The lowest BCUT2D eigenvalue weighted by atomic mass is 10.0. The van der Waals surface area contributed by atoms with Crippen LogP contribution in [0.25, 0.3) is 10.9 Å². The molecule has 0 aliphatic rings. The maximum Gasteiger partial charge on any atom is 0.0642 e. The summed E-state index contributed by atoms with van der Waals surface area (Å²) in [4.78, 5) is 0. The topological polar surface area (TPSA) is 14.2 Å². The lowest BCUT2D eigenvalue weighted by Gasteiger charge is -2.09. The third kappa shape index (κ3) is 2.84. The number of nitrogens with zero attached hydrogens (tertiary/aromatic N) is 1. The number of hydrogen-bond acceptors (Lipinski definition) is 1. The number of hydrogen-bond donors (Lipinski definition) is 0. The Morgan fingerprint density at radius 3 is 2.16 bits per heavy atom. The van der Waals surface area contributed by atoms with Gasteiger partial charge in [0.25, 0.3) is 0 Å². The summed E-state index contributed by atoms with van der Waals surface area (Å²) in [5, 5.41) is 1.42. The van der Waals surface area contributed by atoms with E-state index in [-0.39, 0.29) is 0 Å². The third-order valence-corrected chi connectivity index (χ3v) is 3.70. The van der Waals surface area contributed by atoms with Gasteiger partial charge in [-0.1, -0.05) is 26.0 Å². The highest BCUT2D eigenvalue weighted by atomic mass is 16.5. The maximum atomic E-state index is 5.21. The van der Waals surface area contributed by atoms with Gasteiger partial charge in [-0.15, -0.1) is 0 Å². The summed E-state index contributed by atoms with van der Waals surface area (Å²) in [6.45, 7) is 14.5. The van der Waals surface area contributed by atoms with Gasteiger partial charge in [-0.3, -0.25) is 0 Å². The van der Waals surface area contributed by atoms with Gasteiger partial charge >= 0.3 is 0 Å². The fourth-order valence-electron chi connectivity index (χ4n) is 2.63. The summed E-state index contributed by atoms with van der Waals surface area (Å²) in [6.07, 6.45) is 0. The third-order valence-electron chi connectivity index (χ3n) is 3.70. The Hall–Kier alpha value is -1.28. The van der Waals surface area contributed by atoms with Crippen molar-refractivity contribution in [2.75, 3.05) is 13.7 Å². The number of benzene rings is 1. The molecule has 0 unspecified atom stereocenters. The van der Waals surface area contributed by atoms with Crippen LogP contribution in [0.4, 0.5) is 0 Å². The molecule has 2 heteroatoms. The number of fused-ring (bicyclic) bond motifs is 1. The van der Waals surface area contributed by atoms with E-state index in [1.54, 1.807) is 7.11 Å². The standard InChI is InChI=1S/C15H21NO.C2H6/c1-10-6-7-11(2)15-14(10)12(3)13(4)16(15)8-9-17-5;1-2/h6-7H,8-9H2,1-5H3;1-2H3. The van der Waals surface area contributed by atoms with E-state index in [0.717, 1.165) is 13.2 Å². The molecule has 2 aromatic rings. The molecule has 0 saturated heterocycles. The molecular formula is C17H27NO. The van der Waals surface area contributed by atoms with Crippen LogP contribution in [0.15, 0.2) is 12.1 Å². The summed E-state index contributed by atoms with van der Waals surface area (Å²) < 4.78 is 7.59. The minimum atomic E-state index is 0.761. The van der Waals surface area contributed by atoms with E-state index in [0.29, 0.717) is 0 Å². The first-order chi connectivity index (χ1) is 9.07. The van der Waals surface area contributed by atoms with Crippen molar-refractivity contribution >= 4 is 10.9 Å². The van der Waals surface area contributed by atoms with E-state index in [9.17, 15) is 0 Å². The first-order valence-corrected chi connectivity index (χ1v) is 7.12. The Balaban J connectivity index is 0.000000861. The van der Waals surface area contributed by atoms with Crippen LogP contribution in [0.3, 0.4) is 0 Å². The Morgan fingerprint density at radius 2 is 1.58 bits per heavy atom. The quantitative estimate of drug-likeness (QED) is 0.790. The highest BCUT2D eigenvalue weighted by Gasteiger charge is 2.14. The van der Waals surface area contributed by atoms with Crippen molar-refractivity contribution in [2.24, 2.45) is 0 Å². The second-order valence-electron chi connectivity index (χ2n) is 4.78. The summed E-state index contributed by atoms with van der Waals surface area (Å²) in [5.74, 6) is 0. The highest BCUT2D eigenvalue weighted by molar-refractivity contribution is 5.90. The second-order valence-corrected chi connectivity index (χ2v) is 4.78. The molecule has 1 aromatic carbocycles. The van der Waals surface area contributed by atoms with E-state index >= 15 is 0 Å².